The van der Waals surface area contributed by atoms with Crippen LogP contribution >= 0.6 is 0 Å². The Balaban J connectivity index is 1.64. The SMILES string of the molecule is CN(C)Cc1cccc(N2CCN(C(=O)c3ccccc3F)CC2)c1. The van der Waals surface area contributed by atoms with E-state index < -0.39 is 5.82 Å². The van der Waals surface area contributed by atoms with Gasteiger partial charge in [0.05, 0.1) is 5.56 Å². The molecule has 0 spiro atoms. The first-order valence-electron chi connectivity index (χ1n) is 8.57. The van der Waals surface area contributed by atoms with Gasteiger partial charge in [-0.1, -0.05) is 24.3 Å². The van der Waals surface area contributed by atoms with Gasteiger partial charge in [0.2, 0.25) is 0 Å². The number of anilines is 1. The molecule has 25 heavy (non-hydrogen) atoms. The Morgan fingerprint density at radius 1 is 1.04 bits per heavy atom. The van der Waals surface area contributed by atoms with Crippen molar-refractivity contribution in [3.8, 4) is 0 Å². The lowest BCUT2D eigenvalue weighted by Gasteiger charge is -2.36. The van der Waals surface area contributed by atoms with E-state index in [-0.39, 0.29) is 11.5 Å². The Morgan fingerprint density at radius 3 is 2.44 bits per heavy atom. The maximum absolute atomic E-state index is 13.8. The summed E-state index contributed by atoms with van der Waals surface area (Å²) in [5, 5.41) is 0. The smallest absolute Gasteiger partial charge is 0.256 e. The van der Waals surface area contributed by atoms with Crippen LogP contribution in [0.3, 0.4) is 0 Å². The Labute approximate surface area is 148 Å². The number of carbonyl (C=O) groups excluding carboxylic acids is 1. The Morgan fingerprint density at radius 2 is 1.76 bits per heavy atom. The van der Waals surface area contributed by atoms with Crippen LogP contribution in [0.2, 0.25) is 0 Å². The zero-order valence-electron chi connectivity index (χ0n) is 14.8. The van der Waals surface area contributed by atoms with Crippen molar-refractivity contribution in [2.24, 2.45) is 0 Å². The third kappa shape index (κ3) is 4.17. The van der Waals surface area contributed by atoms with Gasteiger partial charge >= 0.3 is 0 Å². The summed E-state index contributed by atoms with van der Waals surface area (Å²) in [6.07, 6.45) is 0. The predicted molar refractivity (Wildman–Crippen MR) is 98.3 cm³/mol. The largest absolute Gasteiger partial charge is 0.368 e. The number of benzene rings is 2. The van der Waals surface area contributed by atoms with E-state index in [1.54, 1.807) is 23.1 Å². The van der Waals surface area contributed by atoms with E-state index in [1.165, 1.54) is 17.3 Å². The van der Waals surface area contributed by atoms with Crippen LogP contribution in [0.25, 0.3) is 0 Å². The van der Waals surface area contributed by atoms with Crippen LogP contribution in [0.1, 0.15) is 15.9 Å². The van der Waals surface area contributed by atoms with Crippen molar-refractivity contribution in [3.63, 3.8) is 0 Å². The summed E-state index contributed by atoms with van der Waals surface area (Å²) in [7, 11) is 4.11. The summed E-state index contributed by atoms with van der Waals surface area (Å²) in [4.78, 5) is 18.7. The minimum Gasteiger partial charge on any atom is -0.368 e. The van der Waals surface area contributed by atoms with Gasteiger partial charge in [0.25, 0.3) is 5.91 Å². The zero-order chi connectivity index (χ0) is 17.8. The maximum atomic E-state index is 13.8. The molecule has 0 saturated carbocycles. The van der Waals surface area contributed by atoms with E-state index in [0.29, 0.717) is 13.1 Å². The van der Waals surface area contributed by atoms with E-state index in [2.05, 4.69) is 48.2 Å². The minimum absolute atomic E-state index is 0.156. The Kier molecular flexibility index (Phi) is 5.34. The summed E-state index contributed by atoms with van der Waals surface area (Å²) >= 11 is 0. The van der Waals surface area contributed by atoms with Crippen LogP contribution in [0.4, 0.5) is 10.1 Å². The molecule has 1 aliphatic heterocycles. The summed E-state index contributed by atoms with van der Waals surface area (Å²) < 4.78 is 13.8. The molecule has 0 atom stereocenters. The molecule has 0 bridgehead atoms. The fourth-order valence-corrected chi connectivity index (χ4v) is 3.19. The second-order valence-corrected chi connectivity index (χ2v) is 6.67. The van der Waals surface area contributed by atoms with E-state index >= 15 is 0 Å². The lowest BCUT2D eigenvalue weighted by molar-refractivity contribution is 0.0742. The first-order valence-corrected chi connectivity index (χ1v) is 8.57. The number of hydrogen-bond donors (Lipinski definition) is 0. The van der Waals surface area contributed by atoms with Gasteiger partial charge in [-0.25, -0.2) is 4.39 Å². The molecule has 1 heterocycles. The fraction of sp³-hybridized carbons (Fsp3) is 0.350. The molecule has 1 fully saturated rings. The molecule has 1 saturated heterocycles. The van der Waals surface area contributed by atoms with E-state index in [0.717, 1.165) is 19.6 Å². The van der Waals surface area contributed by atoms with Crippen molar-refractivity contribution in [2.45, 2.75) is 6.54 Å². The third-order valence-corrected chi connectivity index (χ3v) is 4.45. The molecular formula is C20H24FN3O. The lowest BCUT2D eigenvalue weighted by Crippen LogP contribution is -2.49. The molecule has 2 aromatic rings. The monoisotopic (exact) mass is 341 g/mol. The number of carbonyl (C=O) groups is 1. The standard InChI is InChI=1S/C20H24FN3O/c1-22(2)15-16-6-5-7-17(14-16)23-10-12-24(13-11-23)20(25)18-8-3-4-9-19(18)21/h3-9,14H,10-13,15H2,1-2H3. The van der Waals surface area contributed by atoms with E-state index in [1.807, 2.05) is 0 Å². The van der Waals surface area contributed by atoms with Gasteiger partial charge in [-0.2, -0.15) is 0 Å². The summed E-state index contributed by atoms with van der Waals surface area (Å²) in [5.74, 6) is -0.676. The third-order valence-electron chi connectivity index (χ3n) is 4.45. The summed E-state index contributed by atoms with van der Waals surface area (Å²) in [6.45, 7) is 3.62. The molecule has 1 aliphatic rings. The van der Waals surface area contributed by atoms with Crippen LogP contribution < -0.4 is 4.90 Å². The summed E-state index contributed by atoms with van der Waals surface area (Å²) in [6, 6.07) is 14.7. The highest BCUT2D eigenvalue weighted by molar-refractivity contribution is 5.94. The van der Waals surface area contributed by atoms with Crippen molar-refractivity contribution >= 4 is 11.6 Å². The van der Waals surface area contributed by atoms with Crippen molar-refractivity contribution in [3.05, 3.63) is 65.5 Å². The Hall–Kier alpha value is -2.40. The van der Waals surface area contributed by atoms with E-state index in [4.69, 9.17) is 0 Å². The van der Waals surface area contributed by atoms with Gasteiger partial charge in [-0.05, 0) is 43.9 Å². The first-order chi connectivity index (χ1) is 12.0. The normalized spacial score (nSPS) is 14.9. The van der Waals surface area contributed by atoms with Gasteiger partial charge in [0, 0.05) is 38.4 Å². The van der Waals surface area contributed by atoms with Gasteiger partial charge in [0.15, 0.2) is 0 Å². The molecule has 0 unspecified atom stereocenters. The molecule has 132 valence electrons. The molecule has 0 aromatic heterocycles. The molecule has 4 nitrogen and oxygen atoms in total. The van der Waals surface area contributed by atoms with Gasteiger partial charge in [-0.15, -0.1) is 0 Å². The Bertz CT molecular complexity index is 739. The minimum atomic E-state index is -0.452. The van der Waals surface area contributed by atoms with E-state index in [9.17, 15) is 9.18 Å². The van der Waals surface area contributed by atoms with Gasteiger partial charge in [0.1, 0.15) is 5.82 Å². The molecular weight excluding hydrogens is 317 g/mol. The number of nitrogens with zero attached hydrogens (tertiary/aromatic N) is 3. The number of rotatable bonds is 4. The molecule has 0 N–H and O–H groups in total. The summed E-state index contributed by atoms with van der Waals surface area (Å²) in [5.41, 5.74) is 2.61. The molecule has 1 amide bonds. The number of hydrogen-bond acceptors (Lipinski definition) is 3. The molecule has 0 radical (unpaired) electrons. The van der Waals surface area contributed by atoms with Crippen molar-refractivity contribution < 1.29 is 9.18 Å². The highest BCUT2D eigenvalue weighted by atomic mass is 19.1. The average Bonchev–Trinajstić information content (AvgIpc) is 2.61. The fourth-order valence-electron chi connectivity index (χ4n) is 3.19. The van der Waals surface area contributed by atoms with Crippen LogP contribution in [-0.4, -0.2) is 56.0 Å². The zero-order valence-corrected chi connectivity index (χ0v) is 14.8. The highest BCUT2D eigenvalue weighted by Crippen LogP contribution is 2.20. The molecule has 5 heteroatoms. The van der Waals surface area contributed by atoms with Crippen LogP contribution in [0.15, 0.2) is 48.5 Å². The van der Waals surface area contributed by atoms with Gasteiger partial charge < -0.3 is 14.7 Å². The molecule has 2 aromatic carbocycles. The topological polar surface area (TPSA) is 26.8 Å². The van der Waals surface area contributed by atoms with Crippen molar-refractivity contribution in [2.75, 3.05) is 45.2 Å². The lowest BCUT2D eigenvalue weighted by atomic mass is 10.1. The predicted octanol–water partition coefficient (Wildman–Crippen LogP) is 2.85. The van der Waals surface area contributed by atoms with Crippen LogP contribution in [0, 0.1) is 5.82 Å². The first kappa shape index (κ1) is 17.4. The second kappa shape index (κ2) is 7.66. The van der Waals surface area contributed by atoms with Crippen LogP contribution in [-0.2, 0) is 6.54 Å². The van der Waals surface area contributed by atoms with Crippen molar-refractivity contribution in [1.29, 1.82) is 0 Å². The number of halogens is 1. The van der Waals surface area contributed by atoms with Crippen molar-refractivity contribution in [1.82, 2.24) is 9.80 Å². The number of amides is 1. The quantitative estimate of drug-likeness (QED) is 0.856. The maximum Gasteiger partial charge on any atom is 0.256 e. The molecule has 0 aliphatic carbocycles. The number of piperazine rings is 1. The van der Waals surface area contributed by atoms with Gasteiger partial charge in [-0.3, -0.25) is 4.79 Å². The van der Waals surface area contributed by atoms with Crippen LogP contribution in [0.5, 0.6) is 0 Å². The average molecular weight is 341 g/mol. The molecule has 3 rings (SSSR count). The highest BCUT2D eigenvalue weighted by Gasteiger charge is 2.24. The second-order valence-electron chi connectivity index (χ2n) is 6.67.